The standard InChI is InChI=1S/C15H25N/c1-2-16-15(9-4-3-5-9)14-12-10-6-7-11(8-10)13(12)14/h9-16H,2-8H2,1H3. The Kier molecular flexibility index (Phi) is 2.16. The smallest absolute Gasteiger partial charge is 0.0129 e. The van der Waals surface area contributed by atoms with Crippen LogP contribution in [0.3, 0.4) is 0 Å². The van der Waals surface area contributed by atoms with Gasteiger partial charge in [0.25, 0.3) is 0 Å². The van der Waals surface area contributed by atoms with Gasteiger partial charge in [0.05, 0.1) is 0 Å². The van der Waals surface area contributed by atoms with Crippen LogP contribution < -0.4 is 5.32 Å². The number of hydrogen-bond acceptors (Lipinski definition) is 1. The lowest BCUT2D eigenvalue weighted by Crippen LogP contribution is -2.42. The second-order valence-electron chi connectivity index (χ2n) is 6.84. The second-order valence-corrected chi connectivity index (χ2v) is 6.84. The van der Waals surface area contributed by atoms with E-state index < -0.39 is 0 Å². The van der Waals surface area contributed by atoms with Crippen molar-refractivity contribution in [3.8, 4) is 0 Å². The molecule has 2 bridgehead atoms. The van der Waals surface area contributed by atoms with Crippen LogP contribution >= 0.6 is 0 Å². The zero-order valence-corrected chi connectivity index (χ0v) is 10.5. The van der Waals surface area contributed by atoms with Gasteiger partial charge in [0.15, 0.2) is 0 Å². The molecule has 0 heterocycles. The normalized spacial score (nSPS) is 51.2. The molecule has 1 nitrogen and oxygen atoms in total. The van der Waals surface area contributed by atoms with E-state index in [0.717, 1.165) is 29.7 Å². The van der Waals surface area contributed by atoms with E-state index in [2.05, 4.69) is 12.2 Å². The van der Waals surface area contributed by atoms with E-state index >= 15 is 0 Å². The van der Waals surface area contributed by atoms with Gasteiger partial charge in [0.1, 0.15) is 0 Å². The van der Waals surface area contributed by atoms with Gasteiger partial charge >= 0.3 is 0 Å². The lowest BCUT2D eigenvalue weighted by molar-refractivity contribution is 0.190. The van der Waals surface area contributed by atoms with Gasteiger partial charge in [-0.1, -0.05) is 13.3 Å². The summed E-state index contributed by atoms with van der Waals surface area (Å²) in [7, 11) is 0. The molecule has 5 unspecified atom stereocenters. The first-order chi connectivity index (χ1) is 7.90. The summed E-state index contributed by atoms with van der Waals surface area (Å²) in [5.41, 5.74) is 0. The summed E-state index contributed by atoms with van der Waals surface area (Å²) in [6.45, 7) is 3.48. The molecular formula is C15H25N. The monoisotopic (exact) mass is 219 g/mol. The van der Waals surface area contributed by atoms with E-state index in [9.17, 15) is 0 Å². The minimum Gasteiger partial charge on any atom is -0.314 e. The van der Waals surface area contributed by atoms with E-state index in [1.54, 1.807) is 19.3 Å². The highest BCUT2D eigenvalue weighted by Crippen LogP contribution is 2.71. The Morgan fingerprint density at radius 1 is 1.06 bits per heavy atom. The van der Waals surface area contributed by atoms with Crippen molar-refractivity contribution < 1.29 is 0 Å². The molecule has 16 heavy (non-hydrogen) atoms. The Labute approximate surface area is 99.4 Å². The first kappa shape index (κ1) is 9.94. The molecule has 1 N–H and O–H groups in total. The van der Waals surface area contributed by atoms with Crippen LogP contribution in [0.2, 0.25) is 0 Å². The van der Waals surface area contributed by atoms with Crippen LogP contribution in [0.15, 0.2) is 0 Å². The minimum absolute atomic E-state index is 0.914. The average Bonchev–Trinajstić information content (AvgIpc) is 2.62. The van der Waals surface area contributed by atoms with Crippen molar-refractivity contribution in [3.05, 3.63) is 0 Å². The molecule has 1 heteroatoms. The molecule has 4 aliphatic rings. The van der Waals surface area contributed by atoms with E-state index in [4.69, 9.17) is 0 Å². The highest BCUT2D eigenvalue weighted by molar-refractivity contribution is 5.16. The van der Waals surface area contributed by atoms with Gasteiger partial charge in [-0.3, -0.25) is 0 Å². The zero-order valence-electron chi connectivity index (χ0n) is 10.5. The number of rotatable bonds is 4. The molecule has 0 aromatic carbocycles. The summed E-state index contributed by atoms with van der Waals surface area (Å²) in [6.07, 6.45) is 9.29. The Morgan fingerprint density at radius 2 is 1.75 bits per heavy atom. The molecule has 0 spiro atoms. The van der Waals surface area contributed by atoms with E-state index in [1.165, 1.54) is 37.6 Å². The van der Waals surface area contributed by atoms with Crippen LogP contribution in [0.1, 0.15) is 45.4 Å². The lowest BCUT2D eigenvalue weighted by atomic mass is 9.76. The Morgan fingerprint density at radius 3 is 2.25 bits per heavy atom. The third kappa shape index (κ3) is 1.21. The van der Waals surface area contributed by atoms with Gasteiger partial charge in [-0.25, -0.2) is 0 Å². The van der Waals surface area contributed by atoms with Crippen molar-refractivity contribution in [2.24, 2.45) is 35.5 Å². The third-order valence-electron chi connectivity index (χ3n) is 6.31. The van der Waals surface area contributed by atoms with Crippen LogP contribution in [0.5, 0.6) is 0 Å². The fraction of sp³-hybridized carbons (Fsp3) is 1.00. The fourth-order valence-electron chi connectivity index (χ4n) is 5.52. The zero-order chi connectivity index (χ0) is 10.7. The summed E-state index contributed by atoms with van der Waals surface area (Å²) in [5.74, 6) is 6.81. The maximum atomic E-state index is 3.84. The van der Waals surface area contributed by atoms with E-state index in [0.29, 0.717) is 0 Å². The Bertz CT molecular complexity index is 267. The summed E-state index contributed by atoms with van der Waals surface area (Å²) in [5, 5.41) is 3.84. The highest BCUT2D eigenvalue weighted by Gasteiger charge is 2.67. The van der Waals surface area contributed by atoms with Gasteiger partial charge < -0.3 is 5.32 Å². The van der Waals surface area contributed by atoms with Crippen molar-refractivity contribution in [1.29, 1.82) is 0 Å². The van der Waals surface area contributed by atoms with Crippen molar-refractivity contribution >= 4 is 0 Å². The van der Waals surface area contributed by atoms with Crippen LogP contribution in [-0.4, -0.2) is 12.6 Å². The molecular weight excluding hydrogens is 194 g/mol. The van der Waals surface area contributed by atoms with Crippen molar-refractivity contribution in [1.82, 2.24) is 5.32 Å². The SMILES string of the molecule is CCNC(C1CCC1)C1C2C3CCC(C3)C21. The third-order valence-corrected chi connectivity index (χ3v) is 6.31. The van der Waals surface area contributed by atoms with Crippen LogP contribution in [0.4, 0.5) is 0 Å². The van der Waals surface area contributed by atoms with Gasteiger partial charge in [0.2, 0.25) is 0 Å². The molecule has 0 aromatic heterocycles. The number of hydrogen-bond donors (Lipinski definition) is 1. The molecule has 5 atom stereocenters. The predicted molar refractivity (Wildman–Crippen MR) is 66.1 cm³/mol. The first-order valence-corrected chi connectivity index (χ1v) is 7.63. The second kappa shape index (κ2) is 3.48. The summed E-state index contributed by atoms with van der Waals surface area (Å²) < 4.78 is 0. The molecule has 0 radical (unpaired) electrons. The first-order valence-electron chi connectivity index (χ1n) is 7.63. The van der Waals surface area contributed by atoms with E-state index in [-0.39, 0.29) is 0 Å². The minimum atomic E-state index is 0.914. The Balaban J connectivity index is 1.48. The highest BCUT2D eigenvalue weighted by atomic mass is 15.0. The maximum Gasteiger partial charge on any atom is 0.0129 e. The average molecular weight is 219 g/mol. The van der Waals surface area contributed by atoms with Crippen molar-refractivity contribution in [3.63, 3.8) is 0 Å². The van der Waals surface area contributed by atoms with Crippen molar-refractivity contribution in [2.75, 3.05) is 6.54 Å². The van der Waals surface area contributed by atoms with Gasteiger partial charge in [-0.15, -0.1) is 0 Å². The molecule has 4 fully saturated rings. The van der Waals surface area contributed by atoms with Crippen LogP contribution in [0, 0.1) is 35.5 Å². The molecule has 0 aliphatic heterocycles. The van der Waals surface area contributed by atoms with Gasteiger partial charge in [-0.05, 0) is 74.2 Å². The Hall–Kier alpha value is -0.0400. The molecule has 4 aliphatic carbocycles. The quantitative estimate of drug-likeness (QED) is 0.766. The molecule has 4 rings (SSSR count). The molecule has 90 valence electrons. The molecule has 0 amide bonds. The fourth-order valence-corrected chi connectivity index (χ4v) is 5.52. The van der Waals surface area contributed by atoms with Gasteiger partial charge in [-0.2, -0.15) is 0 Å². The summed E-state index contributed by atoms with van der Waals surface area (Å²) in [4.78, 5) is 0. The van der Waals surface area contributed by atoms with Gasteiger partial charge in [0, 0.05) is 6.04 Å². The van der Waals surface area contributed by atoms with Crippen LogP contribution in [-0.2, 0) is 0 Å². The number of fused-ring (bicyclic) bond motifs is 5. The maximum absolute atomic E-state index is 3.84. The number of nitrogens with one attached hydrogen (secondary N) is 1. The summed E-state index contributed by atoms with van der Waals surface area (Å²) >= 11 is 0. The molecule has 0 saturated heterocycles. The van der Waals surface area contributed by atoms with Crippen molar-refractivity contribution in [2.45, 2.75) is 51.5 Å². The largest absolute Gasteiger partial charge is 0.314 e. The summed E-state index contributed by atoms with van der Waals surface area (Å²) in [6, 6.07) is 0.914. The topological polar surface area (TPSA) is 12.0 Å². The predicted octanol–water partition coefficient (Wildman–Crippen LogP) is 3.06. The van der Waals surface area contributed by atoms with Crippen LogP contribution in [0.25, 0.3) is 0 Å². The molecule has 0 aromatic rings. The van der Waals surface area contributed by atoms with E-state index in [1.807, 2.05) is 0 Å². The lowest BCUT2D eigenvalue weighted by Gasteiger charge is -2.36. The molecule has 4 saturated carbocycles.